The number of nitrogens with zero attached hydrogens (tertiary/aromatic N) is 1. The minimum absolute atomic E-state index is 0.0213. The second-order valence-electron chi connectivity index (χ2n) is 6.98. The molecule has 0 radical (unpaired) electrons. The topological polar surface area (TPSA) is 32.3 Å². The van der Waals surface area contributed by atoms with E-state index in [9.17, 15) is 4.79 Å². The molecule has 20 heavy (non-hydrogen) atoms. The molecule has 0 aromatic heterocycles. The first-order valence-electron chi connectivity index (χ1n) is 7.51. The third-order valence-corrected chi connectivity index (χ3v) is 3.65. The minimum atomic E-state index is 0.0213. The van der Waals surface area contributed by atoms with E-state index in [1.54, 1.807) is 0 Å². The molecule has 0 atom stereocenters. The number of anilines is 2. The van der Waals surface area contributed by atoms with Crippen LogP contribution in [0.5, 0.6) is 0 Å². The van der Waals surface area contributed by atoms with Gasteiger partial charge in [-0.2, -0.15) is 0 Å². The van der Waals surface area contributed by atoms with Crippen LogP contribution in [0.3, 0.4) is 0 Å². The van der Waals surface area contributed by atoms with Crippen molar-refractivity contribution in [2.45, 2.75) is 47.0 Å². The summed E-state index contributed by atoms with van der Waals surface area (Å²) in [6.07, 6.45) is 3.10. The average Bonchev–Trinajstić information content (AvgIpc) is 2.82. The quantitative estimate of drug-likeness (QED) is 0.904. The number of nitrogens with one attached hydrogen (secondary N) is 1. The SMILES string of the molecule is Cc1cc(N2CCCC2)ccc1NC(=O)CC(C)(C)C. The van der Waals surface area contributed by atoms with Crippen LogP contribution in [0.15, 0.2) is 18.2 Å². The number of amides is 1. The van der Waals surface area contributed by atoms with Gasteiger partial charge >= 0.3 is 0 Å². The maximum Gasteiger partial charge on any atom is 0.224 e. The van der Waals surface area contributed by atoms with Crippen molar-refractivity contribution < 1.29 is 4.79 Å². The summed E-state index contributed by atoms with van der Waals surface area (Å²) in [5, 5.41) is 3.03. The highest BCUT2D eigenvalue weighted by Crippen LogP contribution is 2.26. The molecular formula is C17H26N2O. The standard InChI is InChI=1S/C17H26N2O/c1-13-11-14(19-9-5-6-10-19)7-8-15(13)18-16(20)12-17(2,3)4/h7-8,11H,5-6,9-10,12H2,1-4H3,(H,18,20). The summed E-state index contributed by atoms with van der Waals surface area (Å²) < 4.78 is 0. The fraction of sp³-hybridized carbons (Fsp3) is 0.588. The zero-order valence-electron chi connectivity index (χ0n) is 13.1. The summed E-state index contributed by atoms with van der Waals surface area (Å²) in [4.78, 5) is 14.4. The van der Waals surface area contributed by atoms with Gasteiger partial charge in [0.15, 0.2) is 0 Å². The third kappa shape index (κ3) is 3.99. The van der Waals surface area contributed by atoms with Crippen LogP contribution in [0, 0.1) is 12.3 Å². The Balaban J connectivity index is 2.04. The molecule has 3 nitrogen and oxygen atoms in total. The first kappa shape index (κ1) is 14.9. The molecule has 0 aliphatic carbocycles. The monoisotopic (exact) mass is 274 g/mol. The summed E-state index contributed by atoms with van der Waals surface area (Å²) in [5.74, 6) is 0.0922. The van der Waals surface area contributed by atoms with Crippen molar-refractivity contribution in [3.8, 4) is 0 Å². The number of aryl methyl sites for hydroxylation is 1. The summed E-state index contributed by atoms with van der Waals surface area (Å²) in [7, 11) is 0. The van der Waals surface area contributed by atoms with E-state index in [2.05, 4.69) is 50.0 Å². The van der Waals surface area contributed by atoms with Gasteiger partial charge in [0.25, 0.3) is 0 Å². The number of rotatable bonds is 3. The van der Waals surface area contributed by atoms with E-state index in [-0.39, 0.29) is 11.3 Å². The van der Waals surface area contributed by atoms with Crippen LogP contribution in [0.1, 0.15) is 45.6 Å². The Labute approximate surface area is 122 Å². The molecule has 1 saturated heterocycles. The maximum absolute atomic E-state index is 12.0. The second kappa shape index (κ2) is 5.86. The molecule has 1 aromatic rings. The van der Waals surface area contributed by atoms with Crippen molar-refractivity contribution in [2.75, 3.05) is 23.3 Å². The lowest BCUT2D eigenvalue weighted by atomic mass is 9.92. The van der Waals surface area contributed by atoms with Crippen LogP contribution in [0.2, 0.25) is 0 Å². The van der Waals surface area contributed by atoms with Crippen LogP contribution in [-0.2, 0) is 4.79 Å². The summed E-state index contributed by atoms with van der Waals surface area (Å²) >= 11 is 0. The lowest BCUT2D eigenvalue weighted by Gasteiger charge is -2.20. The maximum atomic E-state index is 12.0. The summed E-state index contributed by atoms with van der Waals surface area (Å²) in [6.45, 7) is 10.6. The molecule has 1 aromatic carbocycles. The molecule has 2 rings (SSSR count). The van der Waals surface area contributed by atoms with Crippen LogP contribution < -0.4 is 10.2 Å². The van der Waals surface area contributed by atoms with Crippen molar-refractivity contribution in [2.24, 2.45) is 5.41 Å². The Morgan fingerprint density at radius 3 is 2.45 bits per heavy atom. The normalized spacial score (nSPS) is 15.5. The van der Waals surface area contributed by atoms with Gasteiger partial charge in [0.05, 0.1) is 0 Å². The molecule has 3 heteroatoms. The van der Waals surface area contributed by atoms with Gasteiger partial charge in [0.2, 0.25) is 5.91 Å². The minimum Gasteiger partial charge on any atom is -0.372 e. The molecule has 1 N–H and O–H groups in total. The molecule has 1 fully saturated rings. The van der Waals surface area contributed by atoms with Crippen LogP contribution in [0.4, 0.5) is 11.4 Å². The van der Waals surface area contributed by atoms with Crippen LogP contribution in [-0.4, -0.2) is 19.0 Å². The molecule has 0 saturated carbocycles. The molecule has 110 valence electrons. The van der Waals surface area contributed by atoms with Crippen molar-refractivity contribution >= 4 is 17.3 Å². The lowest BCUT2D eigenvalue weighted by molar-refractivity contribution is -0.117. The van der Waals surface area contributed by atoms with Gasteiger partial charge in [-0.1, -0.05) is 20.8 Å². The van der Waals surface area contributed by atoms with Crippen molar-refractivity contribution in [1.29, 1.82) is 0 Å². The number of hydrogen-bond donors (Lipinski definition) is 1. The Morgan fingerprint density at radius 1 is 1.25 bits per heavy atom. The molecule has 0 spiro atoms. The van der Waals surface area contributed by atoms with E-state index < -0.39 is 0 Å². The van der Waals surface area contributed by atoms with Gasteiger partial charge in [0, 0.05) is 30.9 Å². The highest BCUT2D eigenvalue weighted by atomic mass is 16.1. The Morgan fingerprint density at radius 2 is 1.90 bits per heavy atom. The zero-order valence-corrected chi connectivity index (χ0v) is 13.1. The number of carbonyl (C=O) groups is 1. The Kier molecular flexibility index (Phi) is 4.36. The van der Waals surface area contributed by atoms with E-state index >= 15 is 0 Å². The molecule has 0 bridgehead atoms. The Bertz CT molecular complexity index is 482. The highest BCUT2D eigenvalue weighted by molar-refractivity contribution is 5.92. The number of hydrogen-bond acceptors (Lipinski definition) is 2. The van der Waals surface area contributed by atoms with E-state index in [1.807, 2.05) is 6.07 Å². The smallest absolute Gasteiger partial charge is 0.224 e. The molecule has 1 aliphatic rings. The van der Waals surface area contributed by atoms with E-state index in [4.69, 9.17) is 0 Å². The van der Waals surface area contributed by atoms with E-state index in [0.29, 0.717) is 6.42 Å². The molecule has 1 heterocycles. The zero-order chi connectivity index (χ0) is 14.8. The lowest BCUT2D eigenvalue weighted by Crippen LogP contribution is -2.20. The highest BCUT2D eigenvalue weighted by Gasteiger charge is 2.17. The predicted octanol–water partition coefficient (Wildman–Crippen LogP) is 3.97. The average molecular weight is 274 g/mol. The van der Waals surface area contributed by atoms with Gasteiger partial charge in [-0.05, 0) is 48.9 Å². The van der Waals surface area contributed by atoms with Gasteiger partial charge in [0.1, 0.15) is 0 Å². The van der Waals surface area contributed by atoms with Crippen LogP contribution >= 0.6 is 0 Å². The number of carbonyl (C=O) groups excluding carboxylic acids is 1. The van der Waals surface area contributed by atoms with Crippen molar-refractivity contribution in [3.63, 3.8) is 0 Å². The summed E-state index contributed by atoms with van der Waals surface area (Å²) in [6, 6.07) is 6.33. The van der Waals surface area contributed by atoms with Crippen LogP contribution in [0.25, 0.3) is 0 Å². The predicted molar refractivity (Wildman–Crippen MR) is 85.3 cm³/mol. The van der Waals surface area contributed by atoms with Gasteiger partial charge in [-0.15, -0.1) is 0 Å². The van der Waals surface area contributed by atoms with E-state index in [1.165, 1.54) is 18.5 Å². The van der Waals surface area contributed by atoms with Gasteiger partial charge in [-0.25, -0.2) is 0 Å². The Hall–Kier alpha value is -1.51. The summed E-state index contributed by atoms with van der Waals surface area (Å²) in [5.41, 5.74) is 3.36. The third-order valence-electron chi connectivity index (χ3n) is 3.65. The fourth-order valence-corrected chi connectivity index (χ4v) is 2.64. The number of benzene rings is 1. The van der Waals surface area contributed by atoms with Gasteiger partial charge in [-0.3, -0.25) is 4.79 Å². The second-order valence-corrected chi connectivity index (χ2v) is 6.98. The largest absolute Gasteiger partial charge is 0.372 e. The van der Waals surface area contributed by atoms with Crippen molar-refractivity contribution in [1.82, 2.24) is 0 Å². The fourth-order valence-electron chi connectivity index (χ4n) is 2.64. The first-order chi connectivity index (χ1) is 9.35. The molecule has 0 unspecified atom stereocenters. The molecular weight excluding hydrogens is 248 g/mol. The van der Waals surface area contributed by atoms with Gasteiger partial charge < -0.3 is 10.2 Å². The molecule has 1 aliphatic heterocycles. The van der Waals surface area contributed by atoms with Crippen molar-refractivity contribution in [3.05, 3.63) is 23.8 Å². The first-order valence-corrected chi connectivity index (χ1v) is 7.51. The van der Waals surface area contributed by atoms with E-state index in [0.717, 1.165) is 24.3 Å². The molecule has 1 amide bonds.